The molecule has 0 radical (unpaired) electrons. The van der Waals surface area contributed by atoms with Crippen LogP contribution in [-0.2, 0) is 12.8 Å². The smallest absolute Gasteiger partial charge is 0.166 e. The Morgan fingerprint density at radius 3 is 2.77 bits per heavy atom. The number of aromatic nitrogens is 1. The number of nitrogens with zero attached hydrogens (tertiary/aromatic N) is 1. The highest BCUT2D eigenvalue weighted by Gasteiger charge is 2.35. The minimum Gasteiger partial charge on any atom is -0.454 e. The van der Waals surface area contributed by atoms with Gasteiger partial charge in [0.15, 0.2) is 11.4 Å². The number of rotatable bonds is 1. The Hall–Kier alpha value is -2.16. The van der Waals surface area contributed by atoms with Crippen molar-refractivity contribution in [3.63, 3.8) is 0 Å². The van der Waals surface area contributed by atoms with Crippen LogP contribution in [0.4, 0.5) is 0 Å². The molecule has 0 N–H and O–H groups in total. The van der Waals surface area contributed by atoms with Gasteiger partial charge in [-0.15, -0.1) is 0 Å². The summed E-state index contributed by atoms with van der Waals surface area (Å²) in [5.41, 5.74) is 4.29. The van der Waals surface area contributed by atoms with Gasteiger partial charge >= 0.3 is 0 Å². The Kier molecular flexibility index (Phi) is 2.71. The van der Waals surface area contributed by atoms with Crippen molar-refractivity contribution in [3.8, 4) is 0 Å². The number of Topliss-reactive ketones (excluding diaryl/α,β-unsaturated/α-hetero) is 1. The Balaban J connectivity index is 2.17. The Morgan fingerprint density at radius 1 is 1.23 bits per heavy atom. The third-order valence-electron chi connectivity index (χ3n) is 4.56. The molecular formula is C19H19NO2. The number of fused-ring (bicyclic) bond motifs is 5. The average Bonchev–Trinajstić information content (AvgIpc) is 2.84. The molecule has 1 aromatic carbocycles. The highest BCUT2D eigenvalue weighted by molar-refractivity contribution is 6.18. The van der Waals surface area contributed by atoms with Crippen LogP contribution >= 0.6 is 0 Å². The van der Waals surface area contributed by atoms with Gasteiger partial charge in [0, 0.05) is 17.2 Å². The molecule has 3 aromatic rings. The number of hydrogen-bond acceptors (Lipinski definition) is 3. The maximum absolute atomic E-state index is 12.8. The third-order valence-corrected chi connectivity index (χ3v) is 4.56. The summed E-state index contributed by atoms with van der Waals surface area (Å²) in [5.74, 6) is 0.193. The molecule has 0 fully saturated rings. The molecule has 2 heterocycles. The van der Waals surface area contributed by atoms with Crippen molar-refractivity contribution in [1.29, 1.82) is 0 Å². The number of benzene rings is 1. The van der Waals surface area contributed by atoms with E-state index in [4.69, 9.17) is 9.40 Å². The summed E-state index contributed by atoms with van der Waals surface area (Å²) >= 11 is 0. The third kappa shape index (κ3) is 1.81. The van der Waals surface area contributed by atoms with Gasteiger partial charge in [-0.2, -0.15) is 0 Å². The van der Waals surface area contributed by atoms with Crippen molar-refractivity contribution in [2.24, 2.45) is 5.41 Å². The van der Waals surface area contributed by atoms with E-state index in [1.807, 2.05) is 24.3 Å². The van der Waals surface area contributed by atoms with Gasteiger partial charge in [0.1, 0.15) is 5.58 Å². The molecule has 2 aromatic heterocycles. The van der Waals surface area contributed by atoms with Crippen molar-refractivity contribution in [2.45, 2.75) is 40.0 Å². The lowest BCUT2D eigenvalue weighted by Gasteiger charge is -2.30. The number of carbonyl (C=O) groups is 1. The van der Waals surface area contributed by atoms with Gasteiger partial charge in [-0.05, 0) is 24.3 Å². The second-order valence-electron chi connectivity index (χ2n) is 6.98. The second-order valence-corrected chi connectivity index (χ2v) is 6.98. The highest BCUT2D eigenvalue weighted by atomic mass is 16.3. The molecule has 0 amide bonds. The number of furan rings is 1. The zero-order valence-corrected chi connectivity index (χ0v) is 13.2. The van der Waals surface area contributed by atoms with E-state index < -0.39 is 0 Å². The van der Waals surface area contributed by atoms with E-state index in [0.717, 1.165) is 51.7 Å². The Bertz CT molecular complexity index is 918. The number of carbonyl (C=O) groups excluding carboxylic acids is 1. The zero-order valence-electron chi connectivity index (χ0n) is 13.2. The number of hydrogen-bond donors (Lipinski definition) is 0. The van der Waals surface area contributed by atoms with E-state index >= 15 is 0 Å². The zero-order chi connectivity index (χ0) is 15.5. The molecule has 112 valence electrons. The predicted molar refractivity (Wildman–Crippen MR) is 87.3 cm³/mol. The molecule has 0 aliphatic heterocycles. The first-order valence-electron chi connectivity index (χ1n) is 7.86. The Morgan fingerprint density at radius 2 is 2.00 bits per heavy atom. The van der Waals surface area contributed by atoms with Crippen LogP contribution < -0.4 is 0 Å². The molecular weight excluding hydrogens is 274 g/mol. The lowest BCUT2D eigenvalue weighted by Crippen LogP contribution is -2.28. The van der Waals surface area contributed by atoms with Gasteiger partial charge in [0.05, 0.1) is 17.0 Å². The molecule has 0 saturated heterocycles. The van der Waals surface area contributed by atoms with Crippen molar-refractivity contribution in [1.82, 2.24) is 4.98 Å². The summed E-state index contributed by atoms with van der Waals surface area (Å²) in [6, 6.07) is 7.94. The van der Waals surface area contributed by atoms with Crippen molar-refractivity contribution in [2.75, 3.05) is 0 Å². The van der Waals surface area contributed by atoms with Gasteiger partial charge in [-0.25, -0.2) is 0 Å². The normalized spacial score (nSPS) is 17.1. The summed E-state index contributed by atoms with van der Waals surface area (Å²) in [6.07, 6.45) is 2.22. The maximum atomic E-state index is 12.8. The molecule has 1 aliphatic rings. The highest BCUT2D eigenvalue weighted by Crippen LogP contribution is 2.41. The summed E-state index contributed by atoms with van der Waals surface area (Å²) in [4.78, 5) is 17.6. The molecule has 22 heavy (non-hydrogen) atoms. The first kappa shape index (κ1) is 13.5. The fraction of sp³-hybridized carbons (Fsp3) is 0.368. The molecule has 1 aliphatic carbocycles. The summed E-state index contributed by atoms with van der Waals surface area (Å²) in [5, 5.41) is 2.00. The van der Waals surface area contributed by atoms with Gasteiger partial charge in [0.25, 0.3) is 0 Å². The molecule has 0 bridgehead atoms. The number of pyridine rings is 1. The van der Waals surface area contributed by atoms with E-state index in [0.29, 0.717) is 6.42 Å². The van der Waals surface area contributed by atoms with E-state index in [-0.39, 0.29) is 11.2 Å². The van der Waals surface area contributed by atoms with Crippen molar-refractivity contribution in [3.05, 3.63) is 41.2 Å². The van der Waals surface area contributed by atoms with Gasteiger partial charge < -0.3 is 4.42 Å². The van der Waals surface area contributed by atoms with Crippen LogP contribution in [0.2, 0.25) is 0 Å². The quantitative estimate of drug-likeness (QED) is 0.653. The van der Waals surface area contributed by atoms with Crippen LogP contribution in [0, 0.1) is 5.41 Å². The predicted octanol–water partition coefficient (Wildman–Crippen LogP) is 4.70. The second kappa shape index (κ2) is 4.42. The van der Waals surface area contributed by atoms with E-state index in [1.54, 1.807) is 0 Å². The van der Waals surface area contributed by atoms with Gasteiger partial charge in [-0.3, -0.25) is 9.78 Å². The molecule has 4 rings (SSSR count). The van der Waals surface area contributed by atoms with Gasteiger partial charge in [0.2, 0.25) is 0 Å². The van der Waals surface area contributed by atoms with Crippen LogP contribution in [-0.4, -0.2) is 10.8 Å². The van der Waals surface area contributed by atoms with Crippen LogP contribution in [0.5, 0.6) is 0 Å². The van der Waals surface area contributed by atoms with Gasteiger partial charge in [-0.1, -0.05) is 39.0 Å². The Labute approximate surface area is 129 Å². The van der Waals surface area contributed by atoms with E-state index in [2.05, 4.69) is 20.8 Å². The fourth-order valence-corrected chi connectivity index (χ4v) is 3.62. The average molecular weight is 293 g/mol. The molecule has 3 nitrogen and oxygen atoms in total. The van der Waals surface area contributed by atoms with Crippen LogP contribution in [0.3, 0.4) is 0 Å². The lowest BCUT2D eigenvalue weighted by molar-refractivity contribution is 0.0912. The minimum absolute atomic E-state index is 0.0185. The first-order chi connectivity index (χ1) is 10.5. The van der Waals surface area contributed by atoms with E-state index in [9.17, 15) is 4.79 Å². The number of para-hydroxylation sites is 1. The first-order valence-corrected chi connectivity index (χ1v) is 7.86. The minimum atomic E-state index is -0.0185. The van der Waals surface area contributed by atoms with E-state index in [1.165, 1.54) is 0 Å². The molecule has 0 spiro atoms. The van der Waals surface area contributed by atoms with Crippen LogP contribution in [0.15, 0.2) is 28.7 Å². The van der Waals surface area contributed by atoms with Crippen molar-refractivity contribution < 1.29 is 9.21 Å². The fourth-order valence-electron chi connectivity index (χ4n) is 3.62. The van der Waals surface area contributed by atoms with Crippen molar-refractivity contribution >= 4 is 27.7 Å². The summed E-state index contributed by atoms with van der Waals surface area (Å²) in [6.45, 7) is 6.36. The van der Waals surface area contributed by atoms with Crippen LogP contribution in [0.1, 0.15) is 48.9 Å². The maximum Gasteiger partial charge on any atom is 0.166 e. The standard InChI is InChI=1S/C19H19NO2/c1-4-12-18-16(11-7-5-6-8-15(11)22-18)17-13(20-12)9-19(2,3)10-14(17)21/h5-8H,4,9-10H2,1-3H3. The molecule has 0 unspecified atom stereocenters. The molecule has 0 atom stereocenters. The largest absolute Gasteiger partial charge is 0.454 e. The number of aryl methyl sites for hydroxylation is 1. The lowest BCUT2D eigenvalue weighted by atomic mass is 9.74. The molecule has 3 heteroatoms. The molecule has 0 saturated carbocycles. The SMILES string of the molecule is CCc1nc2c(c3c1oc1ccccc13)C(=O)CC(C)(C)C2. The summed E-state index contributed by atoms with van der Waals surface area (Å²) in [7, 11) is 0. The topological polar surface area (TPSA) is 43.1 Å². The number of ketones is 1. The van der Waals surface area contributed by atoms with Crippen LogP contribution in [0.25, 0.3) is 21.9 Å². The monoisotopic (exact) mass is 293 g/mol. The summed E-state index contributed by atoms with van der Waals surface area (Å²) < 4.78 is 6.03.